The summed E-state index contributed by atoms with van der Waals surface area (Å²) in [6, 6.07) is 9.82. The van der Waals surface area contributed by atoms with Gasteiger partial charge in [-0.05, 0) is 25.3 Å². The highest BCUT2D eigenvalue weighted by atomic mass is 32.1. The van der Waals surface area contributed by atoms with E-state index in [-0.39, 0.29) is 23.0 Å². The van der Waals surface area contributed by atoms with E-state index < -0.39 is 5.92 Å². The Morgan fingerprint density at radius 1 is 1.50 bits per heavy atom. The van der Waals surface area contributed by atoms with Crippen molar-refractivity contribution in [1.29, 1.82) is 0 Å². The zero-order chi connectivity index (χ0) is 14.5. The van der Waals surface area contributed by atoms with E-state index in [4.69, 9.17) is 22.7 Å². The lowest BCUT2D eigenvalue weighted by Crippen LogP contribution is -2.46. The molecule has 3 atom stereocenters. The molecule has 1 aromatic carbocycles. The van der Waals surface area contributed by atoms with Gasteiger partial charge in [-0.1, -0.05) is 42.5 Å². The van der Waals surface area contributed by atoms with Crippen molar-refractivity contribution in [1.82, 2.24) is 5.32 Å². The number of amides is 1. The number of benzene rings is 1. The molecule has 1 fully saturated rings. The third-order valence-corrected chi connectivity index (χ3v) is 3.93. The van der Waals surface area contributed by atoms with Gasteiger partial charge in [0.25, 0.3) is 0 Å². The van der Waals surface area contributed by atoms with Crippen LogP contribution in [0.15, 0.2) is 30.3 Å². The zero-order valence-electron chi connectivity index (χ0n) is 11.5. The molecular formula is C15H20N2O2S. The smallest absolute Gasteiger partial charge is 0.230 e. The number of hydrogen-bond acceptors (Lipinski definition) is 3. The van der Waals surface area contributed by atoms with Gasteiger partial charge in [-0.15, -0.1) is 0 Å². The predicted octanol–water partition coefficient (Wildman–Crippen LogP) is 1.42. The lowest BCUT2D eigenvalue weighted by molar-refractivity contribution is -0.124. The fourth-order valence-corrected chi connectivity index (χ4v) is 2.57. The van der Waals surface area contributed by atoms with Gasteiger partial charge >= 0.3 is 0 Å². The van der Waals surface area contributed by atoms with E-state index in [2.05, 4.69) is 5.32 Å². The van der Waals surface area contributed by atoms with Crippen LogP contribution in [-0.4, -0.2) is 29.6 Å². The summed E-state index contributed by atoms with van der Waals surface area (Å²) in [4.78, 5) is 12.6. The summed E-state index contributed by atoms with van der Waals surface area (Å²) in [7, 11) is 0. The van der Waals surface area contributed by atoms with Crippen LogP contribution in [0.2, 0.25) is 0 Å². The molecule has 1 aliphatic rings. The van der Waals surface area contributed by atoms with Crippen molar-refractivity contribution in [2.75, 3.05) is 6.61 Å². The first kappa shape index (κ1) is 14.9. The second-order valence-electron chi connectivity index (χ2n) is 5.12. The molecule has 3 unspecified atom stereocenters. The van der Waals surface area contributed by atoms with E-state index in [0.29, 0.717) is 13.0 Å². The fourth-order valence-electron chi connectivity index (χ4n) is 2.38. The van der Waals surface area contributed by atoms with Gasteiger partial charge in [-0.25, -0.2) is 0 Å². The van der Waals surface area contributed by atoms with E-state index in [1.165, 1.54) is 0 Å². The molecular weight excluding hydrogens is 272 g/mol. The lowest BCUT2D eigenvalue weighted by atomic mass is 9.97. The van der Waals surface area contributed by atoms with Crippen molar-refractivity contribution in [3.8, 4) is 0 Å². The molecule has 0 saturated carbocycles. The van der Waals surface area contributed by atoms with Gasteiger partial charge in [-0.2, -0.15) is 0 Å². The van der Waals surface area contributed by atoms with Crippen molar-refractivity contribution < 1.29 is 9.53 Å². The minimum atomic E-state index is -0.472. The maximum atomic E-state index is 12.4. The van der Waals surface area contributed by atoms with Gasteiger partial charge in [0.05, 0.1) is 23.1 Å². The molecule has 0 aromatic heterocycles. The van der Waals surface area contributed by atoms with Gasteiger partial charge < -0.3 is 15.8 Å². The first-order chi connectivity index (χ1) is 9.58. The molecule has 1 aliphatic heterocycles. The number of carbonyl (C=O) groups excluding carboxylic acids is 1. The monoisotopic (exact) mass is 292 g/mol. The van der Waals surface area contributed by atoms with Crippen molar-refractivity contribution in [2.24, 2.45) is 11.7 Å². The van der Waals surface area contributed by atoms with Gasteiger partial charge in [0.1, 0.15) is 0 Å². The Morgan fingerprint density at radius 2 is 2.20 bits per heavy atom. The van der Waals surface area contributed by atoms with E-state index in [0.717, 1.165) is 12.0 Å². The van der Waals surface area contributed by atoms with E-state index in [1.54, 1.807) is 0 Å². The second-order valence-corrected chi connectivity index (χ2v) is 5.60. The maximum Gasteiger partial charge on any atom is 0.230 e. The summed E-state index contributed by atoms with van der Waals surface area (Å²) in [5.41, 5.74) is 6.79. The van der Waals surface area contributed by atoms with Crippen LogP contribution < -0.4 is 11.1 Å². The lowest BCUT2D eigenvalue weighted by Gasteiger charge is -2.21. The van der Waals surface area contributed by atoms with Crippen LogP contribution in [0.3, 0.4) is 0 Å². The average Bonchev–Trinajstić information content (AvgIpc) is 2.82. The number of rotatable bonds is 5. The summed E-state index contributed by atoms with van der Waals surface area (Å²) in [6.45, 7) is 2.65. The van der Waals surface area contributed by atoms with Crippen molar-refractivity contribution in [3.05, 3.63) is 35.9 Å². The number of carbonyl (C=O) groups is 1. The number of thiocarbonyl (C=S) groups is 1. The van der Waals surface area contributed by atoms with Gasteiger partial charge in [-0.3, -0.25) is 4.79 Å². The molecule has 1 saturated heterocycles. The van der Waals surface area contributed by atoms with Crippen LogP contribution >= 0.6 is 12.2 Å². The van der Waals surface area contributed by atoms with Crippen LogP contribution in [-0.2, 0) is 16.0 Å². The molecule has 108 valence electrons. The summed E-state index contributed by atoms with van der Waals surface area (Å²) in [5.74, 6) is -0.580. The van der Waals surface area contributed by atoms with Crippen molar-refractivity contribution in [2.45, 2.75) is 31.9 Å². The third kappa shape index (κ3) is 3.77. The molecule has 1 heterocycles. The standard InChI is InChI=1S/C15H20N2O2S/c1-10-13(7-8-19-10)17-15(18)12(14(16)20)9-11-5-3-2-4-6-11/h2-6,10,12-13H,7-9H2,1H3,(H2,16,20)(H,17,18). The Morgan fingerprint density at radius 3 is 2.75 bits per heavy atom. The normalized spacial score (nSPS) is 23.2. The Balaban J connectivity index is 2.01. The van der Waals surface area contributed by atoms with Crippen LogP contribution in [0.1, 0.15) is 18.9 Å². The van der Waals surface area contributed by atoms with E-state index in [1.807, 2.05) is 37.3 Å². The summed E-state index contributed by atoms with van der Waals surface area (Å²) in [6.07, 6.45) is 1.41. The Hall–Kier alpha value is -1.46. The van der Waals surface area contributed by atoms with Gasteiger partial charge in [0.15, 0.2) is 0 Å². The average molecular weight is 292 g/mol. The third-order valence-electron chi connectivity index (χ3n) is 3.65. The molecule has 1 aromatic rings. The Kier molecular flexibility index (Phi) is 5.09. The maximum absolute atomic E-state index is 12.4. The molecule has 0 aliphatic carbocycles. The molecule has 3 N–H and O–H groups in total. The van der Waals surface area contributed by atoms with E-state index >= 15 is 0 Å². The minimum absolute atomic E-state index is 0.0441. The molecule has 20 heavy (non-hydrogen) atoms. The molecule has 0 spiro atoms. The molecule has 1 amide bonds. The summed E-state index contributed by atoms with van der Waals surface area (Å²) in [5, 5.41) is 3.00. The highest BCUT2D eigenvalue weighted by Crippen LogP contribution is 2.15. The Bertz CT molecular complexity index is 478. The highest BCUT2D eigenvalue weighted by molar-refractivity contribution is 7.80. The van der Waals surface area contributed by atoms with Gasteiger partial charge in [0, 0.05) is 6.61 Å². The molecule has 5 heteroatoms. The number of hydrogen-bond donors (Lipinski definition) is 2. The number of nitrogens with one attached hydrogen (secondary N) is 1. The minimum Gasteiger partial charge on any atom is -0.393 e. The quantitative estimate of drug-likeness (QED) is 0.806. The molecule has 0 radical (unpaired) electrons. The first-order valence-corrected chi connectivity index (χ1v) is 7.24. The van der Waals surface area contributed by atoms with Crippen LogP contribution in [0.5, 0.6) is 0 Å². The first-order valence-electron chi connectivity index (χ1n) is 6.83. The van der Waals surface area contributed by atoms with Crippen molar-refractivity contribution >= 4 is 23.1 Å². The van der Waals surface area contributed by atoms with Crippen LogP contribution in [0, 0.1) is 5.92 Å². The van der Waals surface area contributed by atoms with Crippen LogP contribution in [0.4, 0.5) is 0 Å². The zero-order valence-corrected chi connectivity index (χ0v) is 12.4. The van der Waals surface area contributed by atoms with Gasteiger partial charge in [0.2, 0.25) is 5.91 Å². The number of nitrogens with two attached hydrogens (primary N) is 1. The highest BCUT2D eigenvalue weighted by Gasteiger charge is 2.29. The number of ether oxygens (including phenoxy) is 1. The molecule has 0 bridgehead atoms. The topological polar surface area (TPSA) is 64.3 Å². The predicted molar refractivity (Wildman–Crippen MR) is 82.4 cm³/mol. The molecule has 4 nitrogen and oxygen atoms in total. The van der Waals surface area contributed by atoms with Crippen LogP contribution in [0.25, 0.3) is 0 Å². The Labute approximate surface area is 124 Å². The van der Waals surface area contributed by atoms with Crippen molar-refractivity contribution in [3.63, 3.8) is 0 Å². The fraction of sp³-hybridized carbons (Fsp3) is 0.467. The SMILES string of the molecule is CC1OCCC1NC(=O)C(Cc1ccccc1)C(N)=S. The summed E-state index contributed by atoms with van der Waals surface area (Å²) < 4.78 is 5.45. The largest absolute Gasteiger partial charge is 0.393 e. The summed E-state index contributed by atoms with van der Waals surface area (Å²) >= 11 is 5.05. The molecule has 2 rings (SSSR count). The van der Waals surface area contributed by atoms with E-state index in [9.17, 15) is 4.79 Å². The second kappa shape index (κ2) is 6.81.